The van der Waals surface area contributed by atoms with Crippen molar-refractivity contribution < 1.29 is 9.47 Å². The SMILES string of the molecule is COc1ccc(NC(N)=NCC2CCC=CO2)cc1Cl.I. The number of hydrogen-bond donors (Lipinski definition) is 2. The fourth-order valence-corrected chi connectivity index (χ4v) is 2.11. The molecule has 3 N–H and O–H groups in total. The molecule has 1 heterocycles. The minimum atomic E-state index is 0. The predicted octanol–water partition coefficient (Wildman–Crippen LogP) is 3.39. The molecule has 0 aromatic heterocycles. The first kappa shape index (κ1) is 17.9. The number of nitrogens with two attached hydrogens (primary N) is 1. The number of benzene rings is 1. The lowest BCUT2D eigenvalue weighted by Gasteiger charge is -2.17. The smallest absolute Gasteiger partial charge is 0.193 e. The van der Waals surface area contributed by atoms with E-state index in [-0.39, 0.29) is 30.1 Å². The van der Waals surface area contributed by atoms with E-state index in [9.17, 15) is 0 Å². The second-order valence-electron chi connectivity index (χ2n) is 4.41. The number of ether oxygens (including phenoxy) is 2. The van der Waals surface area contributed by atoms with Crippen LogP contribution in [0.3, 0.4) is 0 Å². The van der Waals surface area contributed by atoms with Crippen molar-refractivity contribution in [2.24, 2.45) is 10.7 Å². The summed E-state index contributed by atoms with van der Waals surface area (Å²) in [5.74, 6) is 0.958. The molecule has 0 aliphatic carbocycles. The summed E-state index contributed by atoms with van der Waals surface area (Å²) in [6.07, 6.45) is 5.79. The second-order valence-corrected chi connectivity index (χ2v) is 4.81. The van der Waals surface area contributed by atoms with Crippen LogP contribution in [0.15, 0.2) is 35.5 Å². The summed E-state index contributed by atoms with van der Waals surface area (Å²) in [4.78, 5) is 4.27. The summed E-state index contributed by atoms with van der Waals surface area (Å²) in [7, 11) is 1.57. The molecule has 0 radical (unpaired) electrons. The highest BCUT2D eigenvalue weighted by Crippen LogP contribution is 2.27. The largest absolute Gasteiger partial charge is 0.496 e. The lowest BCUT2D eigenvalue weighted by atomic mass is 10.2. The maximum absolute atomic E-state index is 6.04. The van der Waals surface area contributed by atoms with Crippen molar-refractivity contribution in [3.63, 3.8) is 0 Å². The van der Waals surface area contributed by atoms with Crippen molar-refractivity contribution in [1.82, 2.24) is 0 Å². The van der Waals surface area contributed by atoms with Gasteiger partial charge in [0.25, 0.3) is 0 Å². The van der Waals surface area contributed by atoms with Crippen LogP contribution >= 0.6 is 35.6 Å². The molecule has 21 heavy (non-hydrogen) atoms. The van der Waals surface area contributed by atoms with Crippen molar-refractivity contribution >= 4 is 47.2 Å². The summed E-state index contributed by atoms with van der Waals surface area (Å²) < 4.78 is 10.5. The Balaban J connectivity index is 0.00000220. The van der Waals surface area contributed by atoms with Gasteiger partial charge in [-0.05, 0) is 37.1 Å². The number of nitrogens with one attached hydrogen (secondary N) is 1. The standard InChI is InChI=1S/C14H18ClN3O2.HI/c1-19-13-6-5-10(8-12(13)15)18-14(16)17-9-11-4-2-3-7-20-11;/h3,5-8,11H,2,4,9H2,1H3,(H3,16,17,18);1H. The van der Waals surface area contributed by atoms with E-state index in [2.05, 4.69) is 10.3 Å². The highest BCUT2D eigenvalue weighted by atomic mass is 127. The number of methoxy groups -OCH3 is 1. The van der Waals surface area contributed by atoms with Gasteiger partial charge < -0.3 is 20.5 Å². The van der Waals surface area contributed by atoms with Crippen LogP contribution in [0, 0.1) is 0 Å². The van der Waals surface area contributed by atoms with E-state index >= 15 is 0 Å². The number of allylic oxidation sites excluding steroid dienone is 1. The van der Waals surface area contributed by atoms with Crippen molar-refractivity contribution in [3.8, 4) is 5.75 Å². The molecule has 0 saturated heterocycles. The van der Waals surface area contributed by atoms with Gasteiger partial charge in [0.1, 0.15) is 11.9 Å². The van der Waals surface area contributed by atoms with Gasteiger partial charge in [0.05, 0.1) is 24.9 Å². The Labute approximate surface area is 146 Å². The topological polar surface area (TPSA) is 68.9 Å². The number of aliphatic imine (C=N–C) groups is 1. The fourth-order valence-electron chi connectivity index (χ4n) is 1.85. The van der Waals surface area contributed by atoms with Crippen molar-refractivity contribution in [1.29, 1.82) is 0 Å². The second kappa shape index (κ2) is 8.99. The summed E-state index contributed by atoms with van der Waals surface area (Å²) >= 11 is 6.04. The lowest BCUT2D eigenvalue weighted by molar-refractivity contribution is 0.131. The van der Waals surface area contributed by atoms with Crippen molar-refractivity contribution in [2.75, 3.05) is 19.0 Å². The van der Waals surface area contributed by atoms with Crippen LogP contribution in [0.4, 0.5) is 5.69 Å². The normalized spacial score (nSPS) is 17.6. The average molecular weight is 424 g/mol. The van der Waals surface area contributed by atoms with Gasteiger partial charge in [0, 0.05) is 5.69 Å². The van der Waals surface area contributed by atoms with Crippen LogP contribution < -0.4 is 15.8 Å². The van der Waals surface area contributed by atoms with Gasteiger partial charge in [-0.3, -0.25) is 0 Å². The molecule has 1 aliphatic rings. The van der Waals surface area contributed by atoms with Crippen LogP contribution in [-0.4, -0.2) is 25.7 Å². The molecule has 116 valence electrons. The van der Waals surface area contributed by atoms with Crippen LogP contribution in [0.25, 0.3) is 0 Å². The number of anilines is 1. The zero-order valence-corrected chi connectivity index (χ0v) is 14.8. The Hall–Kier alpha value is -1.15. The molecule has 1 atom stereocenters. The summed E-state index contributed by atoms with van der Waals surface area (Å²) in [6.45, 7) is 0.535. The molecule has 1 aliphatic heterocycles. The van der Waals surface area contributed by atoms with Gasteiger partial charge in [-0.25, -0.2) is 4.99 Å². The molecule has 1 aromatic carbocycles. The fraction of sp³-hybridized carbons (Fsp3) is 0.357. The van der Waals surface area contributed by atoms with Gasteiger partial charge in [-0.15, -0.1) is 24.0 Å². The molecule has 0 bridgehead atoms. The van der Waals surface area contributed by atoms with Gasteiger partial charge in [0.15, 0.2) is 5.96 Å². The number of halogens is 2. The minimum absolute atomic E-state index is 0. The Kier molecular flexibility index (Phi) is 7.66. The van der Waals surface area contributed by atoms with E-state index in [4.69, 9.17) is 26.8 Å². The first-order chi connectivity index (χ1) is 9.69. The molecule has 2 rings (SSSR count). The Bertz CT molecular complexity index is 523. The molecular formula is C14H19ClIN3O2. The highest BCUT2D eigenvalue weighted by molar-refractivity contribution is 14.0. The van der Waals surface area contributed by atoms with Gasteiger partial charge >= 0.3 is 0 Å². The highest BCUT2D eigenvalue weighted by Gasteiger charge is 2.10. The van der Waals surface area contributed by atoms with Crippen molar-refractivity contribution in [2.45, 2.75) is 18.9 Å². The molecule has 0 spiro atoms. The van der Waals surface area contributed by atoms with E-state index in [1.807, 2.05) is 12.1 Å². The zero-order valence-electron chi connectivity index (χ0n) is 11.7. The van der Waals surface area contributed by atoms with Gasteiger partial charge in [0.2, 0.25) is 0 Å². The van der Waals surface area contributed by atoms with Crippen LogP contribution in [-0.2, 0) is 4.74 Å². The van der Waals surface area contributed by atoms with Crippen LogP contribution in [0.5, 0.6) is 5.75 Å². The lowest BCUT2D eigenvalue weighted by Crippen LogP contribution is -2.25. The van der Waals surface area contributed by atoms with Gasteiger partial charge in [-0.2, -0.15) is 0 Å². The Morgan fingerprint density at radius 2 is 2.38 bits per heavy atom. The molecule has 1 aromatic rings. The summed E-state index contributed by atoms with van der Waals surface area (Å²) in [5, 5.41) is 3.51. The Morgan fingerprint density at radius 3 is 3.00 bits per heavy atom. The summed E-state index contributed by atoms with van der Waals surface area (Å²) in [6, 6.07) is 5.34. The van der Waals surface area contributed by atoms with Crippen LogP contribution in [0.2, 0.25) is 5.02 Å². The molecule has 7 heteroatoms. The number of rotatable bonds is 4. The molecule has 0 saturated carbocycles. The van der Waals surface area contributed by atoms with Crippen LogP contribution in [0.1, 0.15) is 12.8 Å². The molecular weight excluding hydrogens is 405 g/mol. The summed E-state index contributed by atoms with van der Waals surface area (Å²) in [5.41, 5.74) is 6.60. The van der Waals surface area contributed by atoms with E-state index < -0.39 is 0 Å². The van der Waals surface area contributed by atoms with E-state index in [0.29, 0.717) is 23.3 Å². The monoisotopic (exact) mass is 423 g/mol. The van der Waals surface area contributed by atoms with Crippen molar-refractivity contribution in [3.05, 3.63) is 35.6 Å². The zero-order chi connectivity index (χ0) is 14.4. The number of guanidine groups is 1. The third-order valence-electron chi connectivity index (χ3n) is 2.91. The van der Waals surface area contributed by atoms with E-state index in [1.54, 1.807) is 25.5 Å². The molecule has 1 unspecified atom stereocenters. The van der Waals surface area contributed by atoms with E-state index in [1.165, 1.54) is 0 Å². The van der Waals surface area contributed by atoms with Gasteiger partial charge in [-0.1, -0.05) is 11.6 Å². The first-order valence-electron chi connectivity index (χ1n) is 6.40. The quantitative estimate of drug-likeness (QED) is 0.442. The predicted molar refractivity (Wildman–Crippen MR) is 96.8 cm³/mol. The number of hydrogen-bond acceptors (Lipinski definition) is 3. The molecule has 5 nitrogen and oxygen atoms in total. The Morgan fingerprint density at radius 1 is 1.57 bits per heavy atom. The maximum Gasteiger partial charge on any atom is 0.193 e. The maximum atomic E-state index is 6.04. The number of nitrogens with zero attached hydrogens (tertiary/aromatic N) is 1. The van der Waals surface area contributed by atoms with E-state index in [0.717, 1.165) is 18.5 Å². The third kappa shape index (κ3) is 5.62. The average Bonchev–Trinajstić information content (AvgIpc) is 2.46. The first-order valence-corrected chi connectivity index (χ1v) is 6.78. The molecule has 0 fully saturated rings. The third-order valence-corrected chi connectivity index (χ3v) is 3.21. The molecule has 0 amide bonds. The minimum Gasteiger partial charge on any atom is -0.496 e.